The van der Waals surface area contributed by atoms with Gasteiger partial charge < -0.3 is 15.1 Å². The fraction of sp³-hybridized carbons (Fsp3) is 0.150. The molecule has 1 aromatic heterocycles. The number of carbonyl (C=O) groups excluding carboxylic acids is 2. The highest BCUT2D eigenvalue weighted by atomic mass is 19.1. The van der Waals surface area contributed by atoms with E-state index < -0.39 is 5.82 Å². The number of halogens is 1. The van der Waals surface area contributed by atoms with Crippen molar-refractivity contribution in [2.75, 3.05) is 12.4 Å². The van der Waals surface area contributed by atoms with Gasteiger partial charge in [-0.2, -0.15) is 0 Å². The summed E-state index contributed by atoms with van der Waals surface area (Å²) in [4.78, 5) is 27.9. The number of nitrogens with one attached hydrogen (secondary N) is 2. The smallest absolute Gasteiger partial charge is 0.251 e. The van der Waals surface area contributed by atoms with Crippen molar-refractivity contribution < 1.29 is 18.4 Å². The Morgan fingerprint density at radius 2 is 1.96 bits per heavy atom. The minimum atomic E-state index is -0.394. The van der Waals surface area contributed by atoms with Crippen LogP contribution in [0.2, 0.25) is 0 Å². The van der Waals surface area contributed by atoms with E-state index in [0.717, 1.165) is 0 Å². The van der Waals surface area contributed by atoms with E-state index in [9.17, 15) is 14.0 Å². The van der Waals surface area contributed by atoms with E-state index in [0.29, 0.717) is 28.5 Å². The van der Waals surface area contributed by atoms with Gasteiger partial charge in [0.15, 0.2) is 11.7 Å². The van der Waals surface area contributed by atoms with Crippen molar-refractivity contribution in [3.05, 3.63) is 72.0 Å². The quantitative estimate of drug-likeness (QED) is 0.699. The number of carbonyl (C=O) groups is 2. The Morgan fingerprint density at radius 3 is 2.74 bits per heavy atom. The molecule has 0 radical (unpaired) electrons. The number of nitrogens with zero attached hydrogens (tertiary/aromatic N) is 1. The molecule has 0 saturated heterocycles. The number of oxazole rings is 1. The van der Waals surface area contributed by atoms with Crippen molar-refractivity contribution in [1.82, 2.24) is 10.3 Å². The zero-order chi connectivity index (χ0) is 19.2. The highest BCUT2D eigenvalue weighted by Gasteiger charge is 2.12. The lowest BCUT2D eigenvalue weighted by Crippen LogP contribution is -2.18. The van der Waals surface area contributed by atoms with E-state index in [1.165, 1.54) is 12.3 Å². The maximum atomic E-state index is 13.8. The molecule has 0 aliphatic heterocycles. The van der Waals surface area contributed by atoms with Gasteiger partial charge in [-0.15, -0.1) is 0 Å². The first-order valence-electron chi connectivity index (χ1n) is 8.38. The van der Waals surface area contributed by atoms with Crippen LogP contribution in [0.4, 0.5) is 10.1 Å². The maximum absolute atomic E-state index is 13.8. The van der Waals surface area contributed by atoms with E-state index >= 15 is 0 Å². The SMILES string of the molecule is CNC(=O)c1cccc(NC(=O)CCc2ncc(-c3ccccc3F)o2)c1. The molecule has 1 heterocycles. The average molecular weight is 367 g/mol. The third-order valence-electron chi connectivity index (χ3n) is 3.89. The number of hydrogen-bond acceptors (Lipinski definition) is 4. The standard InChI is InChI=1S/C20H18FN3O3/c1-22-20(26)13-5-4-6-14(11-13)24-18(25)9-10-19-23-12-17(27-19)15-7-2-3-8-16(15)21/h2-8,11-12H,9-10H2,1H3,(H,22,26)(H,24,25). The number of aromatic nitrogens is 1. The topological polar surface area (TPSA) is 84.2 Å². The number of benzene rings is 2. The van der Waals surface area contributed by atoms with Gasteiger partial charge in [0, 0.05) is 31.1 Å². The molecule has 2 N–H and O–H groups in total. The largest absolute Gasteiger partial charge is 0.441 e. The Balaban J connectivity index is 1.59. The Labute approximate surface area is 155 Å². The highest BCUT2D eigenvalue weighted by Crippen LogP contribution is 2.23. The molecule has 7 heteroatoms. The Kier molecular flexibility index (Phi) is 5.61. The molecule has 27 heavy (non-hydrogen) atoms. The normalized spacial score (nSPS) is 10.4. The number of aryl methyl sites for hydroxylation is 1. The molecule has 0 unspecified atom stereocenters. The van der Waals surface area contributed by atoms with Gasteiger partial charge in [-0.3, -0.25) is 9.59 Å². The highest BCUT2D eigenvalue weighted by molar-refractivity contribution is 5.97. The predicted octanol–water partition coefficient (Wildman–Crippen LogP) is 3.41. The van der Waals surface area contributed by atoms with Crippen molar-refractivity contribution in [2.45, 2.75) is 12.8 Å². The fourth-order valence-corrected chi connectivity index (χ4v) is 2.54. The molecule has 3 aromatic rings. The summed E-state index contributed by atoms with van der Waals surface area (Å²) in [6.07, 6.45) is 1.86. The molecule has 0 atom stereocenters. The summed E-state index contributed by atoms with van der Waals surface area (Å²) in [5.74, 6) is -0.195. The number of rotatable bonds is 6. The monoisotopic (exact) mass is 367 g/mol. The number of hydrogen-bond donors (Lipinski definition) is 2. The summed E-state index contributed by atoms with van der Waals surface area (Å²) in [6, 6.07) is 12.9. The lowest BCUT2D eigenvalue weighted by molar-refractivity contribution is -0.116. The molecular weight excluding hydrogens is 349 g/mol. The molecule has 6 nitrogen and oxygen atoms in total. The van der Waals surface area contributed by atoms with E-state index in [4.69, 9.17) is 4.42 Å². The van der Waals surface area contributed by atoms with E-state index in [-0.39, 0.29) is 24.7 Å². The summed E-state index contributed by atoms with van der Waals surface area (Å²) in [5, 5.41) is 5.26. The molecule has 2 aromatic carbocycles. The van der Waals surface area contributed by atoms with Gasteiger partial charge in [0.2, 0.25) is 5.91 Å². The van der Waals surface area contributed by atoms with Gasteiger partial charge in [0.1, 0.15) is 5.82 Å². The van der Waals surface area contributed by atoms with E-state index in [2.05, 4.69) is 15.6 Å². The third kappa shape index (κ3) is 4.58. The van der Waals surface area contributed by atoms with Crippen LogP contribution in [0.15, 0.2) is 59.1 Å². The Hall–Kier alpha value is -3.48. The minimum absolute atomic E-state index is 0.140. The second kappa shape index (κ2) is 8.27. The van der Waals surface area contributed by atoms with Crippen molar-refractivity contribution in [2.24, 2.45) is 0 Å². The van der Waals surface area contributed by atoms with Crippen LogP contribution < -0.4 is 10.6 Å². The van der Waals surface area contributed by atoms with Crippen LogP contribution in [-0.2, 0) is 11.2 Å². The predicted molar refractivity (Wildman–Crippen MR) is 98.7 cm³/mol. The van der Waals surface area contributed by atoms with Crippen LogP contribution >= 0.6 is 0 Å². The molecule has 0 spiro atoms. The molecule has 138 valence electrons. The minimum Gasteiger partial charge on any atom is -0.441 e. The van der Waals surface area contributed by atoms with Gasteiger partial charge in [0.05, 0.1) is 11.8 Å². The van der Waals surface area contributed by atoms with E-state index in [1.54, 1.807) is 49.5 Å². The van der Waals surface area contributed by atoms with Crippen molar-refractivity contribution in [3.8, 4) is 11.3 Å². The van der Waals surface area contributed by atoms with Gasteiger partial charge in [-0.1, -0.05) is 18.2 Å². The zero-order valence-corrected chi connectivity index (χ0v) is 14.7. The average Bonchev–Trinajstić information content (AvgIpc) is 3.15. The zero-order valence-electron chi connectivity index (χ0n) is 14.7. The molecule has 3 rings (SSSR count). The molecular formula is C20H18FN3O3. The van der Waals surface area contributed by atoms with Crippen LogP contribution in [0, 0.1) is 5.82 Å². The molecule has 0 saturated carbocycles. The van der Waals surface area contributed by atoms with Gasteiger partial charge in [-0.05, 0) is 30.3 Å². The second-order valence-electron chi connectivity index (χ2n) is 5.81. The third-order valence-corrected chi connectivity index (χ3v) is 3.89. The van der Waals surface area contributed by atoms with Crippen LogP contribution in [0.1, 0.15) is 22.7 Å². The van der Waals surface area contributed by atoms with Crippen molar-refractivity contribution >= 4 is 17.5 Å². The first kappa shape index (κ1) is 18.3. The Bertz CT molecular complexity index is 968. The van der Waals surface area contributed by atoms with Gasteiger partial charge in [-0.25, -0.2) is 9.37 Å². The number of anilines is 1. The van der Waals surface area contributed by atoms with Crippen LogP contribution in [0.25, 0.3) is 11.3 Å². The van der Waals surface area contributed by atoms with Crippen LogP contribution in [-0.4, -0.2) is 23.8 Å². The van der Waals surface area contributed by atoms with E-state index in [1.807, 2.05) is 0 Å². The molecule has 0 bridgehead atoms. The van der Waals surface area contributed by atoms with Crippen molar-refractivity contribution in [3.63, 3.8) is 0 Å². The lowest BCUT2D eigenvalue weighted by Gasteiger charge is -2.06. The molecule has 0 fully saturated rings. The van der Waals surface area contributed by atoms with Gasteiger partial charge >= 0.3 is 0 Å². The second-order valence-corrected chi connectivity index (χ2v) is 5.81. The summed E-state index contributed by atoms with van der Waals surface area (Å²) >= 11 is 0. The molecule has 0 aliphatic rings. The first-order chi connectivity index (χ1) is 13.1. The fourth-order valence-electron chi connectivity index (χ4n) is 2.54. The molecule has 0 aliphatic carbocycles. The lowest BCUT2D eigenvalue weighted by atomic mass is 10.2. The van der Waals surface area contributed by atoms with Crippen LogP contribution in [0.3, 0.4) is 0 Å². The molecule has 2 amide bonds. The summed E-state index contributed by atoms with van der Waals surface area (Å²) < 4.78 is 19.3. The summed E-state index contributed by atoms with van der Waals surface area (Å²) in [5.41, 5.74) is 1.31. The first-order valence-corrected chi connectivity index (χ1v) is 8.38. The number of amides is 2. The Morgan fingerprint density at radius 1 is 1.15 bits per heavy atom. The maximum Gasteiger partial charge on any atom is 0.251 e. The summed E-state index contributed by atoms with van der Waals surface area (Å²) in [7, 11) is 1.54. The van der Waals surface area contributed by atoms with Crippen molar-refractivity contribution in [1.29, 1.82) is 0 Å². The summed E-state index contributed by atoms with van der Waals surface area (Å²) in [6.45, 7) is 0. The van der Waals surface area contributed by atoms with Gasteiger partial charge in [0.25, 0.3) is 5.91 Å². The van der Waals surface area contributed by atoms with Crippen LogP contribution in [0.5, 0.6) is 0 Å².